The number of allylic oxidation sites excluding steroid dienone is 4. The van der Waals surface area contributed by atoms with Crippen LogP contribution in [0.3, 0.4) is 0 Å². The number of hydrogen-bond acceptors (Lipinski definition) is 2. The van der Waals surface area contributed by atoms with Crippen molar-refractivity contribution in [1.29, 1.82) is 0 Å². The number of furan rings is 1. The summed E-state index contributed by atoms with van der Waals surface area (Å²) in [7, 11) is 0. The first-order valence-corrected chi connectivity index (χ1v) is 4.49. The Morgan fingerprint density at radius 2 is 2.14 bits per heavy atom. The van der Waals surface area contributed by atoms with Crippen molar-refractivity contribution in [1.82, 2.24) is 0 Å². The summed E-state index contributed by atoms with van der Waals surface area (Å²) in [5, 5.41) is 0. The van der Waals surface area contributed by atoms with Crippen LogP contribution in [0.4, 0.5) is 0 Å². The Hall–Kier alpha value is -1.70. The zero-order valence-corrected chi connectivity index (χ0v) is 8.58. The van der Waals surface area contributed by atoms with Gasteiger partial charge >= 0.3 is 0 Å². The Kier molecular flexibility index (Phi) is 3.35. The topological polar surface area (TPSA) is 39.2 Å². The lowest BCUT2D eigenvalue weighted by Crippen LogP contribution is -1.90. The molecule has 0 saturated carbocycles. The van der Waals surface area contributed by atoms with Crippen molar-refractivity contribution in [3.05, 3.63) is 54.2 Å². The highest BCUT2D eigenvalue weighted by Crippen LogP contribution is 2.16. The Balaban J connectivity index is 2.73. The lowest BCUT2D eigenvalue weighted by atomic mass is 10.2. The molecule has 1 rings (SSSR count). The van der Waals surface area contributed by atoms with Gasteiger partial charge in [0.1, 0.15) is 11.5 Å². The van der Waals surface area contributed by atoms with E-state index in [1.54, 1.807) is 6.08 Å². The van der Waals surface area contributed by atoms with E-state index in [9.17, 15) is 0 Å². The van der Waals surface area contributed by atoms with Crippen molar-refractivity contribution in [3.63, 3.8) is 0 Å². The van der Waals surface area contributed by atoms with Crippen LogP contribution in [0.25, 0.3) is 5.57 Å². The van der Waals surface area contributed by atoms with Gasteiger partial charge < -0.3 is 10.2 Å². The van der Waals surface area contributed by atoms with Gasteiger partial charge in [0, 0.05) is 11.3 Å². The van der Waals surface area contributed by atoms with Crippen LogP contribution in [0.2, 0.25) is 0 Å². The molecule has 1 heterocycles. The highest BCUT2D eigenvalue weighted by molar-refractivity contribution is 5.69. The van der Waals surface area contributed by atoms with Gasteiger partial charge in [-0.3, -0.25) is 0 Å². The van der Waals surface area contributed by atoms with Crippen molar-refractivity contribution in [2.75, 3.05) is 0 Å². The van der Waals surface area contributed by atoms with Crippen LogP contribution in [0, 0.1) is 6.92 Å². The quantitative estimate of drug-likeness (QED) is 0.742. The summed E-state index contributed by atoms with van der Waals surface area (Å²) in [5.74, 6) is 1.66. The minimum Gasteiger partial charge on any atom is -0.461 e. The second kappa shape index (κ2) is 4.51. The van der Waals surface area contributed by atoms with Crippen molar-refractivity contribution < 1.29 is 4.42 Å². The number of aryl methyl sites for hydroxylation is 1. The molecule has 0 amide bonds. The Morgan fingerprint density at radius 3 is 2.64 bits per heavy atom. The fourth-order valence-corrected chi connectivity index (χ4v) is 0.982. The summed E-state index contributed by atoms with van der Waals surface area (Å²) in [4.78, 5) is 0. The van der Waals surface area contributed by atoms with Crippen molar-refractivity contribution >= 4 is 5.57 Å². The van der Waals surface area contributed by atoms with Gasteiger partial charge in [0.2, 0.25) is 0 Å². The lowest BCUT2D eigenvalue weighted by molar-refractivity contribution is 0.522. The Bertz CT molecular complexity index is 383. The summed E-state index contributed by atoms with van der Waals surface area (Å²) in [6.07, 6.45) is 5.48. The molecule has 0 fully saturated rings. The van der Waals surface area contributed by atoms with Gasteiger partial charge in [-0.15, -0.1) is 0 Å². The maximum absolute atomic E-state index is 5.61. The van der Waals surface area contributed by atoms with Crippen molar-refractivity contribution in [2.24, 2.45) is 5.73 Å². The molecule has 0 saturated heterocycles. The molecule has 0 aliphatic carbocycles. The second-order valence-corrected chi connectivity index (χ2v) is 3.06. The Labute approximate surface area is 84.4 Å². The molecule has 1 aromatic rings. The van der Waals surface area contributed by atoms with Crippen LogP contribution in [0.1, 0.15) is 18.4 Å². The van der Waals surface area contributed by atoms with Crippen LogP contribution < -0.4 is 5.73 Å². The summed E-state index contributed by atoms with van der Waals surface area (Å²) in [6.45, 7) is 7.67. The van der Waals surface area contributed by atoms with Gasteiger partial charge in [-0.1, -0.05) is 12.7 Å². The molecule has 2 nitrogen and oxygen atoms in total. The predicted octanol–water partition coefficient (Wildman–Crippen LogP) is 3.02. The zero-order chi connectivity index (χ0) is 10.6. The summed E-state index contributed by atoms with van der Waals surface area (Å²) in [5.41, 5.74) is 7.15. The Morgan fingerprint density at radius 1 is 1.43 bits per heavy atom. The molecule has 0 aromatic carbocycles. The minimum absolute atomic E-state index is 0.717. The first kappa shape index (κ1) is 10.4. The van der Waals surface area contributed by atoms with E-state index >= 15 is 0 Å². The first-order valence-electron chi connectivity index (χ1n) is 4.49. The maximum Gasteiger partial charge on any atom is 0.133 e. The smallest absolute Gasteiger partial charge is 0.133 e. The third-order valence-corrected chi connectivity index (χ3v) is 1.87. The fourth-order valence-electron chi connectivity index (χ4n) is 0.982. The number of nitrogens with two attached hydrogens (primary N) is 1. The van der Waals surface area contributed by atoms with Gasteiger partial charge in [0.05, 0.1) is 0 Å². The standard InChI is InChI=1S/C12H15NO/c1-4-11(13)7-5-9(2)12-8-6-10(3)14-12/h4-8H,2,13H2,1,3H3/b7-5-,11-4+. The predicted molar refractivity (Wildman–Crippen MR) is 59.6 cm³/mol. The maximum atomic E-state index is 5.61. The van der Waals surface area contributed by atoms with Crippen LogP contribution in [-0.2, 0) is 0 Å². The molecule has 0 radical (unpaired) electrons. The first-order chi connectivity index (χ1) is 6.63. The van der Waals surface area contributed by atoms with Gasteiger partial charge in [0.25, 0.3) is 0 Å². The fraction of sp³-hybridized carbons (Fsp3) is 0.167. The van der Waals surface area contributed by atoms with E-state index < -0.39 is 0 Å². The van der Waals surface area contributed by atoms with E-state index in [0.717, 1.165) is 22.8 Å². The van der Waals surface area contributed by atoms with Gasteiger partial charge in [-0.25, -0.2) is 0 Å². The molecular formula is C12H15NO. The molecule has 0 unspecified atom stereocenters. The SMILES string of the molecule is C=C(/C=C\C(N)=C/C)c1ccc(C)o1. The molecule has 2 heteroatoms. The van der Waals surface area contributed by atoms with E-state index in [1.807, 2.05) is 38.1 Å². The third kappa shape index (κ3) is 2.66. The summed E-state index contributed by atoms with van der Waals surface area (Å²) >= 11 is 0. The minimum atomic E-state index is 0.717. The summed E-state index contributed by atoms with van der Waals surface area (Å²) in [6, 6.07) is 3.81. The average molecular weight is 189 g/mol. The van der Waals surface area contributed by atoms with Gasteiger partial charge in [0.15, 0.2) is 0 Å². The van der Waals surface area contributed by atoms with E-state index in [0.29, 0.717) is 0 Å². The number of hydrogen-bond donors (Lipinski definition) is 1. The van der Waals surface area contributed by atoms with Gasteiger partial charge in [-0.05, 0) is 38.1 Å². The van der Waals surface area contributed by atoms with E-state index in [2.05, 4.69) is 6.58 Å². The van der Waals surface area contributed by atoms with E-state index in [-0.39, 0.29) is 0 Å². The highest BCUT2D eigenvalue weighted by Gasteiger charge is 1.99. The third-order valence-electron chi connectivity index (χ3n) is 1.87. The molecule has 0 atom stereocenters. The molecule has 0 bridgehead atoms. The van der Waals surface area contributed by atoms with Crippen LogP contribution >= 0.6 is 0 Å². The molecule has 0 aliphatic rings. The second-order valence-electron chi connectivity index (χ2n) is 3.06. The molecule has 0 spiro atoms. The van der Waals surface area contributed by atoms with Crippen LogP contribution in [0.5, 0.6) is 0 Å². The molecule has 0 aliphatic heterocycles. The number of rotatable bonds is 3. The average Bonchev–Trinajstić information content (AvgIpc) is 2.60. The monoisotopic (exact) mass is 189 g/mol. The largest absolute Gasteiger partial charge is 0.461 e. The molecular weight excluding hydrogens is 174 g/mol. The van der Waals surface area contributed by atoms with E-state index in [4.69, 9.17) is 10.2 Å². The van der Waals surface area contributed by atoms with Crippen molar-refractivity contribution in [2.45, 2.75) is 13.8 Å². The lowest BCUT2D eigenvalue weighted by Gasteiger charge is -1.94. The van der Waals surface area contributed by atoms with Crippen molar-refractivity contribution in [3.8, 4) is 0 Å². The molecule has 14 heavy (non-hydrogen) atoms. The highest BCUT2D eigenvalue weighted by atomic mass is 16.3. The van der Waals surface area contributed by atoms with E-state index in [1.165, 1.54) is 0 Å². The van der Waals surface area contributed by atoms with Crippen LogP contribution in [-0.4, -0.2) is 0 Å². The van der Waals surface area contributed by atoms with Crippen LogP contribution in [0.15, 0.2) is 47.1 Å². The summed E-state index contributed by atoms with van der Waals surface area (Å²) < 4.78 is 5.40. The van der Waals surface area contributed by atoms with Gasteiger partial charge in [-0.2, -0.15) is 0 Å². The zero-order valence-electron chi connectivity index (χ0n) is 8.58. The molecule has 74 valence electrons. The molecule has 2 N–H and O–H groups in total. The normalized spacial score (nSPS) is 12.3. The molecule has 1 aromatic heterocycles.